The standard InChI is InChI=1S/C19H23ClN2O3S/c1-14-11-15(2)13-16(12-14)22(26(3,24)25)10-6-9-19(23)21-18-8-5-4-7-17(18)20/h4-5,7-8,11-13H,6,9-10H2,1-3H3,(H,21,23). The van der Waals surface area contributed by atoms with Crippen molar-refractivity contribution >= 4 is 38.9 Å². The normalized spacial score (nSPS) is 11.2. The summed E-state index contributed by atoms with van der Waals surface area (Å²) < 4.78 is 25.7. The lowest BCUT2D eigenvalue weighted by molar-refractivity contribution is -0.116. The zero-order valence-corrected chi connectivity index (χ0v) is 16.7. The number of nitrogens with one attached hydrogen (secondary N) is 1. The van der Waals surface area contributed by atoms with Gasteiger partial charge in [0.05, 0.1) is 22.7 Å². The van der Waals surface area contributed by atoms with E-state index in [2.05, 4.69) is 5.32 Å². The van der Waals surface area contributed by atoms with E-state index in [1.54, 1.807) is 24.3 Å². The topological polar surface area (TPSA) is 66.5 Å². The van der Waals surface area contributed by atoms with Crippen LogP contribution in [0.15, 0.2) is 42.5 Å². The molecule has 140 valence electrons. The van der Waals surface area contributed by atoms with Crippen molar-refractivity contribution in [3.63, 3.8) is 0 Å². The Labute approximate surface area is 160 Å². The Kier molecular flexibility index (Phi) is 6.67. The van der Waals surface area contributed by atoms with E-state index in [4.69, 9.17) is 11.6 Å². The van der Waals surface area contributed by atoms with Crippen molar-refractivity contribution in [2.75, 3.05) is 22.4 Å². The van der Waals surface area contributed by atoms with Crippen molar-refractivity contribution in [3.05, 3.63) is 58.6 Å². The molecule has 0 radical (unpaired) electrons. The summed E-state index contributed by atoms with van der Waals surface area (Å²) in [6.07, 6.45) is 1.77. The predicted octanol–water partition coefficient (Wildman–Crippen LogP) is 4.14. The Morgan fingerprint density at radius 2 is 1.73 bits per heavy atom. The summed E-state index contributed by atoms with van der Waals surface area (Å²) in [5.74, 6) is -0.202. The third-order valence-corrected chi connectivity index (χ3v) is 5.33. The molecule has 1 N–H and O–H groups in total. The summed E-state index contributed by atoms with van der Waals surface area (Å²) in [4.78, 5) is 12.1. The second kappa shape index (κ2) is 8.56. The maximum atomic E-state index is 12.2. The fourth-order valence-corrected chi connectivity index (χ4v) is 3.87. The number of benzene rings is 2. The summed E-state index contributed by atoms with van der Waals surface area (Å²) in [7, 11) is -3.43. The molecule has 0 aromatic heterocycles. The molecule has 5 nitrogen and oxygen atoms in total. The first-order valence-corrected chi connectivity index (χ1v) is 10.5. The molecule has 26 heavy (non-hydrogen) atoms. The second-order valence-electron chi connectivity index (χ2n) is 6.31. The zero-order chi connectivity index (χ0) is 19.3. The van der Waals surface area contributed by atoms with Crippen LogP contribution >= 0.6 is 11.6 Å². The minimum absolute atomic E-state index is 0.196. The van der Waals surface area contributed by atoms with Crippen LogP contribution in [0, 0.1) is 13.8 Å². The molecule has 7 heteroatoms. The molecule has 1 amide bonds. The van der Waals surface area contributed by atoms with Gasteiger partial charge in [0.1, 0.15) is 0 Å². The van der Waals surface area contributed by atoms with E-state index in [9.17, 15) is 13.2 Å². The van der Waals surface area contributed by atoms with Gasteiger partial charge in [0.2, 0.25) is 15.9 Å². The summed E-state index contributed by atoms with van der Waals surface area (Å²) in [6.45, 7) is 4.08. The number of carbonyl (C=O) groups excluding carboxylic acids is 1. The molecule has 0 saturated heterocycles. The minimum Gasteiger partial charge on any atom is -0.325 e. The number of nitrogens with zero attached hydrogens (tertiary/aromatic N) is 1. The second-order valence-corrected chi connectivity index (χ2v) is 8.63. The highest BCUT2D eigenvalue weighted by atomic mass is 35.5. The van der Waals surface area contributed by atoms with E-state index in [0.29, 0.717) is 22.8 Å². The first-order chi connectivity index (χ1) is 12.2. The van der Waals surface area contributed by atoms with E-state index < -0.39 is 10.0 Å². The molecule has 0 aliphatic carbocycles. The van der Waals surface area contributed by atoms with Gasteiger partial charge in [-0.1, -0.05) is 29.8 Å². The van der Waals surface area contributed by atoms with E-state index in [-0.39, 0.29) is 18.9 Å². The molecule has 0 atom stereocenters. The van der Waals surface area contributed by atoms with E-state index in [0.717, 1.165) is 11.1 Å². The highest BCUT2D eigenvalue weighted by molar-refractivity contribution is 7.92. The summed E-state index contributed by atoms with van der Waals surface area (Å²) in [6, 6.07) is 12.6. The van der Waals surface area contributed by atoms with Gasteiger partial charge in [-0.25, -0.2) is 8.42 Å². The van der Waals surface area contributed by atoms with Crippen LogP contribution in [0.4, 0.5) is 11.4 Å². The van der Waals surface area contributed by atoms with Crippen LogP contribution in [-0.4, -0.2) is 27.1 Å². The van der Waals surface area contributed by atoms with Gasteiger partial charge < -0.3 is 5.32 Å². The summed E-state index contributed by atoms with van der Waals surface area (Å²) in [5.41, 5.74) is 3.15. The van der Waals surface area contributed by atoms with Crippen LogP contribution in [0.2, 0.25) is 5.02 Å². The van der Waals surface area contributed by atoms with Crippen molar-refractivity contribution in [3.8, 4) is 0 Å². The molecule has 0 bridgehead atoms. The molecule has 2 rings (SSSR count). The average Bonchev–Trinajstić information content (AvgIpc) is 2.51. The Morgan fingerprint density at radius 1 is 1.12 bits per heavy atom. The fourth-order valence-electron chi connectivity index (χ4n) is 2.74. The van der Waals surface area contributed by atoms with Crippen molar-refractivity contribution in [2.24, 2.45) is 0 Å². The Hall–Kier alpha value is -2.05. The van der Waals surface area contributed by atoms with Gasteiger partial charge in [-0.05, 0) is 55.7 Å². The Morgan fingerprint density at radius 3 is 2.31 bits per heavy atom. The number of aryl methyl sites for hydroxylation is 2. The number of carbonyl (C=O) groups is 1. The number of halogens is 1. The van der Waals surface area contributed by atoms with Crippen LogP contribution in [-0.2, 0) is 14.8 Å². The summed E-state index contributed by atoms with van der Waals surface area (Å²) >= 11 is 6.02. The first kappa shape index (κ1) is 20.3. The van der Waals surface area contributed by atoms with Crippen LogP contribution in [0.5, 0.6) is 0 Å². The minimum atomic E-state index is -3.43. The number of para-hydroxylation sites is 1. The van der Waals surface area contributed by atoms with Crippen molar-refractivity contribution in [2.45, 2.75) is 26.7 Å². The van der Waals surface area contributed by atoms with Gasteiger partial charge in [0, 0.05) is 13.0 Å². The molecule has 0 fully saturated rings. The van der Waals surface area contributed by atoms with Crippen LogP contribution in [0.3, 0.4) is 0 Å². The zero-order valence-electron chi connectivity index (χ0n) is 15.1. The summed E-state index contributed by atoms with van der Waals surface area (Å²) in [5, 5.41) is 3.21. The molecule has 0 unspecified atom stereocenters. The van der Waals surface area contributed by atoms with Gasteiger partial charge in [-0.2, -0.15) is 0 Å². The van der Waals surface area contributed by atoms with Crippen molar-refractivity contribution in [1.82, 2.24) is 0 Å². The van der Waals surface area contributed by atoms with Gasteiger partial charge >= 0.3 is 0 Å². The van der Waals surface area contributed by atoms with Crippen molar-refractivity contribution in [1.29, 1.82) is 0 Å². The molecule has 0 spiro atoms. The molecule has 0 saturated carbocycles. The number of rotatable bonds is 7. The number of anilines is 2. The fraction of sp³-hybridized carbons (Fsp3) is 0.316. The lowest BCUT2D eigenvalue weighted by Crippen LogP contribution is -2.31. The number of amides is 1. The molecule has 0 aliphatic rings. The molecular weight excluding hydrogens is 372 g/mol. The highest BCUT2D eigenvalue weighted by Crippen LogP contribution is 2.23. The molecule has 2 aromatic carbocycles. The van der Waals surface area contributed by atoms with Crippen LogP contribution in [0.1, 0.15) is 24.0 Å². The lowest BCUT2D eigenvalue weighted by atomic mass is 10.1. The van der Waals surface area contributed by atoms with Crippen LogP contribution in [0.25, 0.3) is 0 Å². The van der Waals surface area contributed by atoms with E-state index >= 15 is 0 Å². The average molecular weight is 395 g/mol. The molecular formula is C19H23ClN2O3S. The maximum Gasteiger partial charge on any atom is 0.232 e. The highest BCUT2D eigenvalue weighted by Gasteiger charge is 2.18. The maximum absolute atomic E-state index is 12.2. The van der Waals surface area contributed by atoms with Gasteiger partial charge in [-0.15, -0.1) is 0 Å². The van der Waals surface area contributed by atoms with E-state index in [1.807, 2.05) is 32.0 Å². The molecule has 2 aromatic rings. The quantitative estimate of drug-likeness (QED) is 0.767. The first-order valence-electron chi connectivity index (χ1n) is 8.27. The van der Waals surface area contributed by atoms with Gasteiger partial charge in [0.25, 0.3) is 0 Å². The monoisotopic (exact) mass is 394 g/mol. The Balaban J connectivity index is 2.02. The van der Waals surface area contributed by atoms with E-state index in [1.165, 1.54) is 10.6 Å². The number of hydrogen-bond acceptors (Lipinski definition) is 3. The third kappa shape index (κ3) is 5.75. The lowest BCUT2D eigenvalue weighted by Gasteiger charge is -2.23. The predicted molar refractivity (Wildman–Crippen MR) is 107 cm³/mol. The number of hydrogen-bond donors (Lipinski definition) is 1. The largest absolute Gasteiger partial charge is 0.325 e. The third-order valence-electron chi connectivity index (χ3n) is 3.81. The SMILES string of the molecule is Cc1cc(C)cc(N(CCCC(=O)Nc2ccccc2Cl)S(C)(=O)=O)c1. The van der Waals surface area contributed by atoms with Crippen molar-refractivity contribution < 1.29 is 13.2 Å². The molecule has 0 aliphatic heterocycles. The Bertz CT molecular complexity index is 877. The smallest absolute Gasteiger partial charge is 0.232 e. The van der Waals surface area contributed by atoms with Crippen LogP contribution < -0.4 is 9.62 Å². The van der Waals surface area contributed by atoms with Gasteiger partial charge in [-0.3, -0.25) is 9.10 Å². The molecule has 0 heterocycles. The van der Waals surface area contributed by atoms with Gasteiger partial charge in [0.15, 0.2) is 0 Å². The number of sulfonamides is 1.